The summed E-state index contributed by atoms with van der Waals surface area (Å²) in [5.41, 5.74) is 11.8. The predicted octanol–water partition coefficient (Wildman–Crippen LogP) is 15.6. The van der Waals surface area contributed by atoms with Gasteiger partial charge in [-0.15, -0.1) is 5.10 Å². The molecule has 6 N–H and O–H groups in total. The quantitative estimate of drug-likeness (QED) is 0.00932. The predicted molar refractivity (Wildman–Crippen MR) is 432 cm³/mol. The third kappa shape index (κ3) is 23.6. The van der Waals surface area contributed by atoms with Crippen LogP contribution in [0.3, 0.4) is 0 Å². The van der Waals surface area contributed by atoms with Gasteiger partial charge in [-0.3, -0.25) is 10.2 Å². The molecule has 15 rings (SSSR count). The Kier molecular flexibility index (Phi) is 30.0. The molecule has 5 aromatic heterocycles. The van der Waals surface area contributed by atoms with Gasteiger partial charge < -0.3 is 48.9 Å². The number of amides is 1. The molecule has 4 aliphatic heterocycles. The normalized spacial score (nSPS) is 13.2. The van der Waals surface area contributed by atoms with Gasteiger partial charge in [-0.25, -0.2) is 35.4 Å². The number of nitrogen functional groups attached to an aromatic ring is 1. The third-order valence-corrected chi connectivity index (χ3v) is 18.3. The first-order valence-corrected chi connectivity index (χ1v) is 36.8. The number of nitrogens with two attached hydrogens (primary N) is 1. The van der Waals surface area contributed by atoms with E-state index < -0.39 is 13.1 Å². The second-order valence-electron chi connectivity index (χ2n) is 24.7. The molecular weight excluding hydrogens is 1480 g/mol. The Bertz CT molecular complexity index is 4650. The first kappa shape index (κ1) is 78.9. The fraction of sp³-hybridized carbons (Fsp3) is 0.225. The van der Waals surface area contributed by atoms with Crippen molar-refractivity contribution in [2.75, 3.05) is 91.5 Å². The van der Waals surface area contributed by atoms with E-state index in [0.717, 1.165) is 131 Å². The molecular formula is C80H80BBrCl2N14O8S. The standard InChI is InChI=1S/C23H20ClN5O.C17H18N2O2.C16H18N4O.C9H11BrN2.C8H9BO4.C7H4ClNS/c24-18-9-11-19(12-10-18)25-23-28-27-22(30-23)17-6-3-5-16(15-17)20-7-4-8-21(26-20)29-13-1-2-14-29;1-21-17(20)14-7-4-6-13(12-14)15-8-5-9-16(18-15)19-10-2-3-11-19;17-19-16(21)13-6-3-5-12(11-13)14-7-4-8-15(18-14)20-9-1-2-10-20;10-8-4-3-5-9(11-8)12-6-1-2-7-12;1-13-8(10)6-3-2-4-7(5-6)9(11)12;8-6-1-3-7(4-2-6)9-5-10/h3-12,15H,1-2,13-14H2,(H,25,28);4-9,12H,2-3,10-11H2,1H3;3-8,11H,1-2,9-10,17H2,(H,19,21);3-5H,1-2,6-7H2;2-5,11-12H,1H3;1-4H. The Morgan fingerprint density at radius 3 is 1.35 bits per heavy atom. The van der Waals surface area contributed by atoms with E-state index in [1.54, 1.807) is 60.7 Å². The first-order chi connectivity index (χ1) is 52.1. The van der Waals surface area contributed by atoms with Crippen LogP contribution in [0.1, 0.15) is 82.4 Å². The average molecular weight is 1560 g/mol. The topological polar surface area (TPSA) is 276 Å². The highest BCUT2D eigenvalue weighted by Gasteiger charge is 2.20. The average Bonchev–Trinajstić information content (AvgIpc) is 1.81. The van der Waals surface area contributed by atoms with Crippen LogP contribution >= 0.6 is 51.3 Å². The zero-order valence-corrected chi connectivity index (χ0v) is 63.0. The number of aliphatic imine (C=N–C) groups is 1. The Labute approximate surface area is 645 Å². The minimum Gasteiger partial charge on any atom is -0.465 e. The zero-order valence-electron chi connectivity index (χ0n) is 59.1. The molecule has 9 heterocycles. The number of nitrogens with zero attached hydrogens (tertiary/aromatic N) is 11. The minimum atomic E-state index is -1.57. The molecule has 22 nitrogen and oxygen atoms in total. The number of hydrogen-bond acceptors (Lipinski definition) is 22. The summed E-state index contributed by atoms with van der Waals surface area (Å²) in [6.45, 7) is 8.71. The second-order valence-corrected chi connectivity index (χ2v) is 26.5. The maximum atomic E-state index is 11.6. The van der Waals surface area contributed by atoms with Crippen molar-refractivity contribution in [3.8, 4) is 45.2 Å². The Morgan fingerprint density at radius 2 is 0.897 bits per heavy atom. The number of carbonyl (C=O) groups is 3. The molecule has 4 fully saturated rings. The van der Waals surface area contributed by atoms with Gasteiger partial charge in [-0.05, 0) is 231 Å². The largest absolute Gasteiger partial charge is 0.488 e. The number of isothiocyanates is 1. The van der Waals surface area contributed by atoms with E-state index in [1.165, 1.54) is 83.8 Å². The van der Waals surface area contributed by atoms with Crippen molar-refractivity contribution in [2.24, 2.45) is 10.8 Å². The number of thiocarbonyl (C=S) groups is 1. The van der Waals surface area contributed by atoms with Crippen LogP contribution in [0.2, 0.25) is 10.0 Å². The molecule has 0 saturated carbocycles. The summed E-state index contributed by atoms with van der Waals surface area (Å²) in [4.78, 5) is 65.9. The number of nitrogens with one attached hydrogen (secondary N) is 2. The lowest BCUT2D eigenvalue weighted by Crippen LogP contribution is -2.30. The van der Waals surface area contributed by atoms with Crippen LogP contribution in [0.25, 0.3) is 45.2 Å². The molecule has 0 radical (unpaired) electrons. The maximum Gasteiger partial charge on any atom is 0.488 e. The van der Waals surface area contributed by atoms with Crippen LogP contribution in [0.5, 0.6) is 0 Å². The van der Waals surface area contributed by atoms with E-state index >= 15 is 0 Å². The molecule has 4 saturated heterocycles. The first-order valence-electron chi connectivity index (χ1n) is 34.8. The van der Waals surface area contributed by atoms with Gasteiger partial charge in [-0.1, -0.05) is 101 Å². The molecule has 27 heteroatoms. The van der Waals surface area contributed by atoms with Crippen LogP contribution in [0, 0.1) is 0 Å². The third-order valence-electron chi connectivity index (χ3n) is 17.3. The smallest absolute Gasteiger partial charge is 0.465 e. The van der Waals surface area contributed by atoms with Crippen molar-refractivity contribution in [3.05, 3.63) is 250 Å². The fourth-order valence-corrected chi connectivity index (χ4v) is 12.5. The number of rotatable bonds is 15. The number of esters is 2. The maximum absolute atomic E-state index is 11.6. The molecule has 0 atom stereocenters. The van der Waals surface area contributed by atoms with Crippen LogP contribution in [0.4, 0.5) is 40.7 Å². The van der Waals surface area contributed by atoms with Crippen LogP contribution < -0.4 is 41.6 Å². The SMILES string of the molecule is Brc1cccc(N2CCCC2)n1.COC(=O)c1cccc(-c2cccc(N3CCCC3)n2)c1.COC(=O)c1cccc(B(O)O)c1.Clc1ccc(Nc2nnc(-c3cccc(-c4cccc(N5CCCC5)n4)c3)o2)cc1.NNC(=O)c1cccc(-c2cccc(N3CCCC3)n2)c1.S=C=Nc1ccc(Cl)cc1. The summed E-state index contributed by atoms with van der Waals surface area (Å²) in [6.07, 6.45) is 9.95. The summed E-state index contributed by atoms with van der Waals surface area (Å²) in [7, 11) is 1.09. The Balaban J connectivity index is 0.000000143. The van der Waals surface area contributed by atoms with Crippen LogP contribution in [-0.4, -0.2) is 137 Å². The number of pyridine rings is 4. The van der Waals surface area contributed by atoms with Crippen molar-refractivity contribution in [1.29, 1.82) is 0 Å². The lowest BCUT2D eigenvalue weighted by Gasteiger charge is -2.17. The van der Waals surface area contributed by atoms with E-state index in [9.17, 15) is 14.4 Å². The number of hydrogen-bond donors (Lipinski definition) is 5. The summed E-state index contributed by atoms with van der Waals surface area (Å²) < 4.78 is 16.0. The van der Waals surface area contributed by atoms with Crippen LogP contribution in [-0.2, 0) is 9.47 Å². The Morgan fingerprint density at radius 1 is 0.505 bits per heavy atom. The zero-order chi connectivity index (χ0) is 75.3. The number of ether oxygens (including phenoxy) is 2. The minimum absolute atomic E-state index is 0.267. The summed E-state index contributed by atoms with van der Waals surface area (Å²) >= 11 is 19.3. The van der Waals surface area contributed by atoms with Gasteiger partial charge >= 0.3 is 25.1 Å². The molecule has 0 spiro atoms. The van der Waals surface area contributed by atoms with Crippen molar-refractivity contribution >= 4 is 128 Å². The summed E-state index contributed by atoms with van der Waals surface area (Å²) in [5, 5.41) is 32.6. The highest BCUT2D eigenvalue weighted by atomic mass is 79.9. The fourth-order valence-electron chi connectivity index (χ4n) is 11.8. The highest BCUT2D eigenvalue weighted by molar-refractivity contribution is 9.10. The lowest BCUT2D eigenvalue weighted by molar-refractivity contribution is 0.0592. The molecule has 1 amide bonds. The number of benzene rings is 6. The van der Waals surface area contributed by atoms with Crippen molar-refractivity contribution in [1.82, 2.24) is 35.6 Å². The number of carbonyl (C=O) groups excluding carboxylic acids is 3. The van der Waals surface area contributed by atoms with Gasteiger partial charge in [0.1, 0.15) is 27.9 Å². The molecule has 11 aromatic rings. The number of aromatic nitrogens is 6. The number of halogens is 3. The number of anilines is 6. The molecule has 0 aliphatic carbocycles. The van der Waals surface area contributed by atoms with Gasteiger partial charge in [0.25, 0.3) is 5.91 Å². The second kappa shape index (κ2) is 40.7. The van der Waals surface area contributed by atoms with Crippen molar-refractivity contribution in [2.45, 2.75) is 51.4 Å². The van der Waals surface area contributed by atoms with Gasteiger partial charge in [-0.2, -0.15) is 4.99 Å². The molecule has 6 aromatic carbocycles. The van der Waals surface area contributed by atoms with Crippen molar-refractivity contribution in [3.63, 3.8) is 0 Å². The molecule has 0 unspecified atom stereocenters. The van der Waals surface area contributed by atoms with Crippen molar-refractivity contribution < 1.29 is 38.3 Å². The monoisotopic (exact) mass is 1560 g/mol. The van der Waals surface area contributed by atoms with Gasteiger partial charge in [0.2, 0.25) is 5.89 Å². The summed E-state index contributed by atoms with van der Waals surface area (Å²) in [6, 6.07) is 67.6. The van der Waals surface area contributed by atoms with E-state index in [-0.39, 0.29) is 17.3 Å². The van der Waals surface area contributed by atoms with Gasteiger partial charge in [0.15, 0.2) is 0 Å². The summed E-state index contributed by atoms with van der Waals surface area (Å²) in [5.74, 6) is 8.64. The molecule has 4 aliphatic rings. The van der Waals surface area contributed by atoms with E-state index in [4.69, 9.17) is 63.2 Å². The number of hydrazine groups is 1. The molecule has 107 heavy (non-hydrogen) atoms. The van der Waals surface area contributed by atoms with Gasteiger partial charge in [0.05, 0.1) is 53.3 Å². The van der Waals surface area contributed by atoms with Crippen LogP contribution in [0.15, 0.2) is 232 Å². The number of methoxy groups -OCH3 is 2. The lowest BCUT2D eigenvalue weighted by atomic mass is 9.80. The highest BCUT2D eigenvalue weighted by Crippen LogP contribution is 2.31. The molecule has 548 valence electrons. The van der Waals surface area contributed by atoms with Gasteiger partial charge in [0, 0.05) is 95.9 Å². The van der Waals surface area contributed by atoms with E-state index in [2.05, 4.69) is 107 Å². The van der Waals surface area contributed by atoms with E-state index in [1.807, 2.05) is 121 Å². The van der Waals surface area contributed by atoms with E-state index in [0.29, 0.717) is 38.6 Å². The molecule has 0 bridgehead atoms. The Hall–Kier alpha value is -10.7.